The first-order chi connectivity index (χ1) is 13.1. The van der Waals surface area contributed by atoms with Crippen LogP contribution in [-0.2, 0) is 17.8 Å². The highest BCUT2D eigenvalue weighted by Gasteiger charge is 2.16. The Hall–Kier alpha value is -1.97. The van der Waals surface area contributed by atoms with Crippen molar-refractivity contribution in [2.45, 2.75) is 29.5 Å². The monoisotopic (exact) mass is 422 g/mol. The van der Waals surface area contributed by atoms with Crippen LogP contribution in [0.25, 0.3) is 0 Å². The first-order valence-corrected chi connectivity index (χ1v) is 11.0. The Morgan fingerprint density at radius 1 is 1.26 bits per heavy atom. The lowest BCUT2D eigenvalue weighted by molar-refractivity contribution is -0.120. The summed E-state index contributed by atoms with van der Waals surface area (Å²) in [6.07, 6.45) is 0.844. The van der Waals surface area contributed by atoms with E-state index in [0.717, 1.165) is 16.3 Å². The Kier molecular flexibility index (Phi) is 7.19. The molecule has 0 aliphatic heterocycles. The molecule has 1 unspecified atom stereocenters. The number of nitrogens with zero attached hydrogens (tertiary/aromatic N) is 2. The fourth-order valence-corrected chi connectivity index (χ4v) is 4.85. The summed E-state index contributed by atoms with van der Waals surface area (Å²) in [6.45, 7) is 3.03. The molecule has 1 aromatic carbocycles. The minimum Gasteiger partial charge on any atom is -0.356 e. The molecule has 0 spiro atoms. The summed E-state index contributed by atoms with van der Waals surface area (Å²) < 4.78 is 13.6. The zero-order chi connectivity index (χ0) is 19.1. The summed E-state index contributed by atoms with van der Waals surface area (Å²) in [7, 11) is 0. The van der Waals surface area contributed by atoms with Crippen LogP contribution in [0, 0.1) is 5.82 Å². The number of hydrogen-bond acceptors (Lipinski definition) is 7. The van der Waals surface area contributed by atoms with Crippen molar-refractivity contribution < 1.29 is 9.18 Å². The molecule has 0 aliphatic rings. The first kappa shape index (κ1) is 19.8. The van der Waals surface area contributed by atoms with Gasteiger partial charge in [0.05, 0.1) is 5.25 Å². The zero-order valence-electron chi connectivity index (χ0n) is 14.6. The molecular weight excluding hydrogens is 403 g/mol. The summed E-state index contributed by atoms with van der Waals surface area (Å²) >= 11 is 4.48. The fourth-order valence-electron chi connectivity index (χ4n) is 2.22. The molecule has 1 atom stereocenters. The van der Waals surface area contributed by atoms with Gasteiger partial charge in [0.1, 0.15) is 5.82 Å². The molecule has 2 N–H and O–H groups in total. The number of benzene rings is 1. The van der Waals surface area contributed by atoms with Gasteiger partial charge in [0.25, 0.3) is 0 Å². The van der Waals surface area contributed by atoms with Gasteiger partial charge in [0.15, 0.2) is 4.34 Å². The van der Waals surface area contributed by atoms with Crippen LogP contribution in [-0.4, -0.2) is 27.9 Å². The van der Waals surface area contributed by atoms with E-state index in [0.29, 0.717) is 18.2 Å². The Bertz CT molecular complexity index is 852. The van der Waals surface area contributed by atoms with Crippen LogP contribution in [0.2, 0.25) is 0 Å². The molecule has 0 radical (unpaired) electrons. The van der Waals surface area contributed by atoms with Crippen molar-refractivity contribution in [1.82, 2.24) is 15.5 Å². The highest BCUT2D eigenvalue weighted by atomic mass is 32.2. The highest BCUT2D eigenvalue weighted by Crippen LogP contribution is 2.29. The maximum atomic E-state index is 12.9. The summed E-state index contributed by atoms with van der Waals surface area (Å²) in [5, 5.41) is 16.8. The number of halogens is 1. The number of carbonyl (C=O) groups excluding carboxylic acids is 1. The highest BCUT2D eigenvalue weighted by molar-refractivity contribution is 8.02. The van der Waals surface area contributed by atoms with E-state index in [1.165, 1.54) is 40.1 Å². The van der Waals surface area contributed by atoms with E-state index in [-0.39, 0.29) is 17.0 Å². The lowest BCUT2D eigenvalue weighted by Gasteiger charge is -2.09. The summed E-state index contributed by atoms with van der Waals surface area (Å²) in [6, 6.07) is 10.4. The van der Waals surface area contributed by atoms with E-state index in [1.807, 2.05) is 18.4 Å². The van der Waals surface area contributed by atoms with Crippen LogP contribution >= 0.6 is 34.4 Å². The molecule has 3 rings (SSSR count). The average molecular weight is 423 g/mol. The number of rotatable bonds is 9. The number of anilines is 1. The van der Waals surface area contributed by atoms with Crippen molar-refractivity contribution in [2.24, 2.45) is 0 Å². The van der Waals surface area contributed by atoms with Crippen molar-refractivity contribution in [2.75, 3.05) is 11.9 Å². The van der Waals surface area contributed by atoms with E-state index in [1.54, 1.807) is 23.5 Å². The minimum atomic E-state index is -0.254. The van der Waals surface area contributed by atoms with Crippen molar-refractivity contribution >= 4 is 45.5 Å². The molecule has 0 saturated carbocycles. The Labute approximate surface area is 169 Å². The molecule has 0 fully saturated rings. The van der Waals surface area contributed by atoms with Crippen molar-refractivity contribution in [3.63, 3.8) is 0 Å². The third-order valence-electron chi connectivity index (χ3n) is 3.66. The predicted molar refractivity (Wildman–Crippen MR) is 110 cm³/mol. The van der Waals surface area contributed by atoms with E-state index in [9.17, 15) is 9.18 Å². The SMILES string of the molecule is CC(Sc1nnc(NCc2ccc(F)cc2)s1)C(=O)NCCc1cccs1. The number of carbonyl (C=O) groups is 1. The molecule has 27 heavy (non-hydrogen) atoms. The van der Waals surface area contributed by atoms with Crippen LogP contribution in [0.1, 0.15) is 17.4 Å². The molecule has 5 nitrogen and oxygen atoms in total. The molecule has 9 heteroatoms. The lowest BCUT2D eigenvalue weighted by Crippen LogP contribution is -2.32. The first-order valence-electron chi connectivity index (χ1n) is 8.39. The summed E-state index contributed by atoms with van der Waals surface area (Å²) in [5.74, 6) is -0.261. The molecule has 2 aromatic heterocycles. The molecule has 0 saturated heterocycles. The van der Waals surface area contributed by atoms with Gasteiger partial charge < -0.3 is 10.6 Å². The molecule has 1 amide bonds. The van der Waals surface area contributed by atoms with Gasteiger partial charge in [-0.05, 0) is 42.5 Å². The topological polar surface area (TPSA) is 66.9 Å². The van der Waals surface area contributed by atoms with Crippen LogP contribution in [0.3, 0.4) is 0 Å². The zero-order valence-corrected chi connectivity index (χ0v) is 17.1. The van der Waals surface area contributed by atoms with E-state index in [2.05, 4.69) is 26.9 Å². The van der Waals surface area contributed by atoms with Gasteiger partial charge >= 0.3 is 0 Å². The van der Waals surface area contributed by atoms with Crippen molar-refractivity contribution in [3.8, 4) is 0 Å². The number of aromatic nitrogens is 2. The van der Waals surface area contributed by atoms with Crippen LogP contribution in [0.4, 0.5) is 9.52 Å². The Balaban J connectivity index is 1.42. The molecule has 0 aliphatic carbocycles. The van der Waals surface area contributed by atoms with E-state index in [4.69, 9.17) is 0 Å². The van der Waals surface area contributed by atoms with Gasteiger partial charge in [-0.2, -0.15) is 0 Å². The molecule has 3 aromatic rings. The van der Waals surface area contributed by atoms with Gasteiger partial charge in [-0.3, -0.25) is 4.79 Å². The number of thioether (sulfide) groups is 1. The normalized spacial score (nSPS) is 11.9. The van der Waals surface area contributed by atoms with Crippen LogP contribution in [0.15, 0.2) is 46.1 Å². The van der Waals surface area contributed by atoms with Gasteiger partial charge in [-0.1, -0.05) is 41.3 Å². The van der Waals surface area contributed by atoms with Crippen molar-refractivity contribution in [3.05, 3.63) is 58.0 Å². The number of amides is 1. The molecule has 142 valence electrons. The predicted octanol–water partition coefficient (Wildman–Crippen LogP) is 4.19. The number of hydrogen-bond donors (Lipinski definition) is 2. The summed E-state index contributed by atoms with van der Waals surface area (Å²) in [5.41, 5.74) is 0.958. The third kappa shape index (κ3) is 6.30. The van der Waals surface area contributed by atoms with Crippen molar-refractivity contribution in [1.29, 1.82) is 0 Å². The van der Waals surface area contributed by atoms with Gasteiger partial charge in [0.2, 0.25) is 11.0 Å². The Morgan fingerprint density at radius 2 is 2.07 bits per heavy atom. The van der Waals surface area contributed by atoms with E-state index >= 15 is 0 Å². The maximum Gasteiger partial charge on any atom is 0.233 e. The van der Waals surface area contributed by atoms with Gasteiger partial charge in [-0.25, -0.2) is 4.39 Å². The smallest absolute Gasteiger partial charge is 0.233 e. The number of nitrogens with one attached hydrogen (secondary N) is 2. The van der Waals surface area contributed by atoms with Gasteiger partial charge in [0, 0.05) is 18.0 Å². The second kappa shape index (κ2) is 9.82. The second-order valence-electron chi connectivity index (χ2n) is 5.73. The average Bonchev–Trinajstić information content (AvgIpc) is 3.33. The summed E-state index contributed by atoms with van der Waals surface area (Å²) in [4.78, 5) is 13.5. The van der Waals surface area contributed by atoms with Gasteiger partial charge in [-0.15, -0.1) is 21.5 Å². The lowest BCUT2D eigenvalue weighted by atomic mass is 10.2. The molecular formula is C18H19FN4OS3. The third-order valence-corrected chi connectivity index (χ3v) is 6.66. The molecule has 2 heterocycles. The Morgan fingerprint density at radius 3 is 2.81 bits per heavy atom. The molecule has 0 bridgehead atoms. The minimum absolute atomic E-state index is 0.00687. The number of thiophene rings is 1. The largest absolute Gasteiger partial charge is 0.356 e. The fraction of sp³-hybridized carbons (Fsp3) is 0.278. The standard InChI is InChI=1S/C18H19FN4OS3/c1-12(16(24)20-9-8-15-3-2-10-25-15)26-18-23-22-17(27-18)21-11-13-4-6-14(19)7-5-13/h2-7,10,12H,8-9,11H2,1H3,(H,20,24)(H,21,22). The quantitative estimate of drug-likeness (QED) is 0.506. The van der Waals surface area contributed by atoms with Crippen LogP contribution in [0.5, 0.6) is 0 Å². The maximum absolute atomic E-state index is 12.9. The second-order valence-corrected chi connectivity index (χ2v) is 9.33. The van der Waals surface area contributed by atoms with E-state index < -0.39 is 0 Å². The van der Waals surface area contributed by atoms with Crippen LogP contribution < -0.4 is 10.6 Å².